The van der Waals surface area contributed by atoms with Crippen molar-refractivity contribution in [3.63, 3.8) is 0 Å². The molecule has 0 unspecified atom stereocenters. The highest BCUT2D eigenvalue weighted by Gasteiger charge is 2.12. The molecule has 0 saturated heterocycles. The Morgan fingerprint density at radius 2 is 1.72 bits per heavy atom. The SMILES string of the molecule is O=Cc1cc(F)c(OCCCCCCO)c(F)c1. The van der Waals surface area contributed by atoms with Crippen LogP contribution in [0.15, 0.2) is 12.1 Å². The predicted molar refractivity (Wildman–Crippen MR) is 62.8 cm³/mol. The molecule has 0 aromatic heterocycles. The third-order valence-electron chi connectivity index (χ3n) is 2.46. The van der Waals surface area contributed by atoms with Crippen LogP contribution in [0.4, 0.5) is 8.78 Å². The standard InChI is InChI=1S/C13H16F2O3/c14-11-7-10(9-17)8-12(15)13(11)18-6-4-2-1-3-5-16/h7-9,16H,1-6H2. The molecular weight excluding hydrogens is 242 g/mol. The quantitative estimate of drug-likeness (QED) is 0.576. The van der Waals surface area contributed by atoms with Crippen molar-refractivity contribution in [1.82, 2.24) is 0 Å². The molecular formula is C13H16F2O3. The van der Waals surface area contributed by atoms with E-state index in [2.05, 4.69) is 0 Å². The van der Waals surface area contributed by atoms with Gasteiger partial charge in [0, 0.05) is 12.2 Å². The van der Waals surface area contributed by atoms with E-state index < -0.39 is 17.4 Å². The van der Waals surface area contributed by atoms with E-state index in [0.717, 1.165) is 31.4 Å². The van der Waals surface area contributed by atoms with E-state index in [9.17, 15) is 13.6 Å². The Bertz CT molecular complexity index is 371. The average Bonchev–Trinajstić information content (AvgIpc) is 2.35. The zero-order valence-electron chi connectivity index (χ0n) is 9.99. The van der Waals surface area contributed by atoms with Crippen molar-refractivity contribution >= 4 is 6.29 Å². The van der Waals surface area contributed by atoms with Crippen LogP contribution >= 0.6 is 0 Å². The highest BCUT2D eigenvalue weighted by Crippen LogP contribution is 2.23. The van der Waals surface area contributed by atoms with Crippen molar-refractivity contribution in [3.05, 3.63) is 29.3 Å². The van der Waals surface area contributed by atoms with Crippen molar-refractivity contribution in [2.24, 2.45) is 0 Å². The summed E-state index contributed by atoms with van der Waals surface area (Å²) in [5, 5.41) is 8.56. The van der Waals surface area contributed by atoms with Gasteiger partial charge in [-0.1, -0.05) is 6.42 Å². The summed E-state index contributed by atoms with van der Waals surface area (Å²) in [6.45, 7) is 0.358. The summed E-state index contributed by atoms with van der Waals surface area (Å²) in [7, 11) is 0. The number of aldehydes is 1. The summed E-state index contributed by atoms with van der Waals surface area (Å²) in [6.07, 6.45) is 3.45. The number of ether oxygens (including phenoxy) is 1. The van der Waals surface area contributed by atoms with Gasteiger partial charge in [-0.2, -0.15) is 0 Å². The minimum Gasteiger partial charge on any atom is -0.488 e. The maximum Gasteiger partial charge on any atom is 0.190 e. The molecule has 0 amide bonds. The first-order valence-corrected chi connectivity index (χ1v) is 5.87. The maximum absolute atomic E-state index is 13.4. The van der Waals surface area contributed by atoms with Crippen LogP contribution in [0, 0.1) is 11.6 Å². The molecule has 0 spiro atoms. The van der Waals surface area contributed by atoms with Crippen molar-refractivity contribution in [3.8, 4) is 5.75 Å². The molecule has 5 heteroatoms. The Kier molecular flexibility index (Phi) is 6.28. The smallest absolute Gasteiger partial charge is 0.190 e. The Morgan fingerprint density at radius 3 is 2.28 bits per heavy atom. The van der Waals surface area contributed by atoms with Crippen LogP contribution in [0.1, 0.15) is 36.0 Å². The van der Waals surface area contributed by atoms with Crippen LogP contribution in [0.25, 0.3) is 0 Å². The number of rotatable bonds is 8. The summed E-state index contributed by atoms with van der Waals surface area (Å²) < 4.78 is 31.8. The van der Waals surface area contributed by atoms with Gasteiger partial charge in [0.05, 0.1) is 6.61 Å². The first kappa shape index (κ1) is 14.6. The minimum absolute atomic E-state index is 0.0553. The third-order valence-corrected chi connectivity index (χ3v) is 2.46. The topological polar surface area (TPSA) is 46.5 Å². The molecule has 0 aliphatic carbocycles. The second-order valence-corrected chi connectivity index (χ2v) is 3.92. The van der Waals surface area contributed by atoms with Crippen molar-refractivity contribution in [2.75, 3.05) is 13.2 Å². The van der Waals surface area contributed by atoms with Crippen LogP contribution in [-0.4, -0.2) is 24.6 Å². The monoisotopic (exact) mass is 258 g/mol. The van der Waals surface area contributed by atoms with Gasteiger partial charge in [-0.15, -0.1) is 0 Å². The Balaban J connectivity index is 2.45. The fraction of sp³-hybridized carbons (Fsp3) is 0.462. The van der Waals surface area contributed by atoms with Crippen LogP contribution in [0.5, 0.6) is 5.75 Å². The lowest BCUT2D eigenvalue weighted by Crippen LogP contribution is -2.02. The largest absolute Gasteiger partial charge is 0.488 e. The molecule has 3 nitrogen and oxygen atoms in total. The van der Waals surface area contributed by atoms with Gasteiger partial charge in [-0.25, -0.2) is 8.78 Å². The minimum atomic E-state index is -0.868. The molecule has 18 heavy (non-hydrogen) atoms. The van der Waals surface area contributed by atoms with E-state index in [1.807, 2.05) is 0 Å². The van der Waals surface area contributed by atoms with E-state index in [1.54, 1.807) is 0 Å². The van der Waals surface area contributed by atoms with Crippen molar-refractivity contribution in [2.45, 2.75) is 25.7 Å². The molecule has 0 heterocycles. The van der Waals surface area contributed by atoms with E-state index in [1.165, 1.54) is 0 Å². The predicted octanol–water partition coefficient (Wildman–Crippen LogP) is 2.71. The second-order valence-electron chi connectivity index (χ2n) is 3.92. The molecule has 0 aliphatic heterocycles. The van der Waals surface area contributed by atoms with Gasteiger partial charge in [0.15, 0.2) is 17.4 Å². The van der Waals surface area contributed by atoms with Crippen LogP contribution in [0.3, 0.4) is 0 Å². The van der Waals surface area contributed by atoms with E-state index in [-0.39, 0.29) is 18.8 Å². The Morgan fingerprint density at radius 1 is 1.11 bits per heavy atom. The third kappa shape index (κ3) is 4.41. The number of benzene rings is 1. The fourth-order valence-corrected chi connectivity index (χ4v) is 1.53. The van der Waals surface area contributed by atoms with Gasteiger partial charge in [0.2, 0.25) is 0 Å². The molecule has 1 aromatic carbocycles. The van der Waals surface area contributed by atoms with E-state index in [4.69, 9.17) is 9.84 Å². The summed E-state index contributed by atoms with van der Waals surface area (Å²) in [5.74, 6) is -2.18. The zero-order valence-corrected chi connectivity index (χ0v) is 9.99. The number of unbranched alkanes of at least 4 members (excludes halogenated alkanes) is 3. The molecule has 0 radical (unpaired) electrons. The molecule has 1 N–H and O–H groups in total. The first-order chi connectivity index (χ1) is 8.69. The molecule has 100 valence electrons. The number of hydrogen-bond donors (Lipinski definition) is 1. The van der Waals surface area contributed by atoms with Crippen LogP contribution in [-0.2, 0) is 0 Å². The van der Waals surface area contributed by atoms with Crippen molar-refractivity contribution < 1.29 is 23.4 Å². The van der Waals surface area contributed by atoms with Gasteiger partial charge in [-0.3, -0.25) is 4.79 Å². The average molecular weight is 258 g/mol. The van der Waals surface area contributed by atoms with Gasteiger partial charge in [0.25, 0.3) is 0 Å². The van der Waals surface area contributed by atoms with Crippen LogP contribution < -0.4 is 4.74 Å². The number of halogens is 2. The number of aliphatic hydroxyl groups excluding tert-OH is 1. The Labute approximate surface area is 104 Å². The summed E-state index contributed by atoms with van der Waals surface area (Å²) >= 11 is 0. The Hall–Kier alpha value is -1.49. The van der Waals surface area contributed by atoms with E-state index in [0.29, 0.717) is 12.7 Å². The number of carbonyl (C=O) groups excluding carboxylic acids is 1. The lowest BCUT2D eigenvalue weighted by Gasteiger charge is -2.08. The van der Waals surface area contributed by atoms with Gasteiger partial charge >= 0.3 is 0 Å². The molecule has 1 rings (SSSR count). The highest BCUT2D eigenvalue weighted by atomic mass is 19.1. The highest BCUT2D eigenvalue weighted by molar-refractivity contribution is 5.75. The number of aliphatic hydroxyl groups is 1. The van der Waals surface area contributed by atoms with Crippen molar-refractivity contribution in [1.29, 1.82) is 0 Å². The lowest BCUT2D eigenvalue weighted by atomic mass is 10.2. The van der Waals surface area contributed by atoms with Gasteiger partial charge in [0.1, 0.15) is 6.29 Å². The van der Waals surface area contributed by atoms with Gasteiger partial charge in [-0.05, 0) is 31.4 Å². The van der Waals surface area contributed by atoms with Crippen LogP contribution in [0.2, 0.25) is 0 Å². The molecule has 0 atom stereocenters. The second kappa shape index (κ2) is 7.76. The normalized spacial score (nSPS) is 10.4. The maximum atomic E-state index is 13.4. The summed E-state index contributed by atoms with van der Waals surface area (Å²) in [6, 6.07) is 1.88. The molecule has 0 saturated carbocycles. The lowest BCUT2D eigenvalue weighted by molar-refractivity contribution is 0.112. The number of carbonyl (C=O) groups is 1. The summed E-state index contributed by atoms with van der Waals surface area (Å²) in [5.41, 5.74) is -0.0553. The summed E-state index contributed by atoms with van der Waals surface area (Å²) in [4.78, 5) is 10.4. The first-order valence-electron chi connectivity index (χ1n) is 5.87. The molecule has 1 aromatic rings. The van der Waals surface area contributed by atoms with Gasteiger partial charge < -0.3 is 9.84 Å². The molecule has 0 fully saturated rings. The zero-order chi connectivity index (χ0) is 13.4. The number of hydrogen-bond acceptors (Lipinski definition) is 3. The fourth-order valence-electron chi connectivity index (χ4n) is 1.53. The molecule has 0 aliphatic rings. The molecule has 0 bridgehead atoms. The van der Waals surface area contributed by atoms with E-state index >= 15 is 0 Å².